The molecule has 1 unspecified atom stereocenters. The number of nitrogens with two attached hydrogens (primary N) is 1. The number of ether oxygens (including phenoxy) is 5. The van der Waals surface area contributed by atoms with Crippen LogP contribution in [0.5, 0.6) is 5.75 Å². The summed E-state index contributed by atoms with van der Waals surface area (Å²) >= 11 is 0. The van der Waals surface area contributed by atoms with Crippen LogP contribution in [-0.2, 0) is 39.9 Å². The Kier molecular flexibility index (Phi) is 16.8. The first-order valence-corrected chi connectivity index (χ1v) is 21.7. The highest BCUT2D eigenvalue weighted by molar-refractivity contribution is 6.24. The number of hydrogen-bond donors (Lipinski definition) is 5. The first-order chi connectivity index (χ1) is 34.1. The minimum atomic E-state index is -4.46. The number of carbonyl (C=O) groups excluding carboxylic acids is 7. The van der Waals surface area contributed by atoms with Crippen molar-refractivity contribution in [2.75, 3.05) is 76.6 Å². The van der Waals surface area contributed by atoms with E-state index in [0.29, 0.717) is 32.1 Å². The number of carbonyl (C=O) groups is 7. The summed E-state index contributed by atoms with van der Waals surface area (Å²) in [7, 11) is 0. The van der Waals surface area contributed by atoms with Crippen molar-refractivity contribution in [3.8, 4) is 22.9 Å². The largest absolute Gasteiger partial charge is 0.483 e. The van der Waals surface area contributed by atoms with Gasteiger partial charge in [0.05, 0.1) is 81.6 Å². The van der Waals surface area contributed by atoms with Crippen LogP contribution in [0.25, 0.3) is 17.1 Å². The van der Waals surface area contributed by atoms with Gasteiger partial charge in [-0.2, -0.15) is 18.3 Å². The van der Waals surface area contributed by atoms with Crippen LogP contribution >= 0.6 is 0 Å². The summed E-state index contributed by atoms with van der Waals surface area (Å²) < 4.78 is 72.3. The van der Waals surface area contributed by atoms with Crippen LogP contribution in [0, 0.1) is 0 Å². The molecule has 0 bridgehead atoms. The average molecular weight is 991 g/mol. The number of primary amides is 1. The van der Waals surface area contributed by atoms with E-state index in [0.717, 1.165) is 16.7 Å². The third-order valence-corrected chi connectivity index (χ3v) is 10.4. The van der Waals surface area contributed by atoms with Gasteiger partial charge in [0.15, 0.2) is 18.0 Å². The highest BCUT2D eigenvalue weighted by Crippen LogP contribution is 2.34. The van der Waals surface area contributed by atoms with Crippen LogP contribution in [0.15, 0.2) is 77.7 Å². The van der Waals surface area contributed by atoms with Crippen LogP contribution in [0.3, 0.4) is 0 Å². The number of benzene rings is 2. The molecule has 7 rings (SSSR count). The molecule has 374 valence electrons. The third-order valence-electron chi connectivity index (χ3n) is 10.4. The Morgan fingerprint density at radius 1 is 0.901 bits per heavy atom. The lowest BCUT2D eigenvalue weighted by atomic mass is 10.0. The normalized spacial score (nSPS) is 14.6. The van der Waals surface area contributed by atoms with Crippen molar-refractivity contribution < 1.29 is 74.8 Å². The molecule has 0 spiro atoms. The number of aromatic nitrogens is 4. The van der Waals surface area contributed by atoms with Gasteiger partial charge in [0.2, 0.25) is 17.7 Å². The van der Waals surface area contributed by atoms with E-state index < -0.39 is 66.7 Å². The molecule has 71 heavy (non-hydrogen) atoms. The van der Waals surface area contributed by atoms with E-state index in [1.54, 1.807) is 24.3 Å². The molecule has 1 saturated heterocycles. The van der Waals surface area contributed by atoms with Gasteiger partial charge in [-0.05, 0) is 48.4 Å². The molecule has 5 heterocycles. The predicted molar refractivity (Wildman–Crippen MR) is 238 cm³/mol. The van der Waals surface area contributed by atoms with E-state index in [9.17, 15) is 46.7 Å². The molecule has 1 atom stereocenters. The second-order valence-corrected chi connectivity index (χ2v) is 15.4. The molecule has 6 N–H and O–H groups in total. The summed E-state index contributed by atoms with van der Waals surface area (Å²) in [5.74, 6) is -4.95. The molecule has 0 aliphatic carbocycles. The second kappa shape index (κ2) is 23.5. The summed E-state index contributed by atoms with van der Waals surface area (Å²) in [6, 6.07) is 13.0. The fourth-order valence-corrected chi connectivity index (χ4v) is 6.98. The Bertz CT molecular complexity index is 2760. The van der Waals surface area contributed by atoms with E-state index >= 15 is 0 Å². The van der Waals surface area contributed by atoms with Crippen molar-refractivity contribution in [2.45, 2.75) is 31.7 Å². The molecule has 0 radical (unpaired) electrons. The lowest BCUT2D eigenvalue weighted by Gasteiger charge is -2.27. The maximum absolute atomic E-state index is 13.2. The van der Waals surface area contributed by atoms with Crippen molar-refractivity contribution in [3.05, 3.63) is 101 Å². The van der Waals surface area contributed by atoms with Crippen molar-refractivity contribution in [2.24, 2.45) is 5.73 Å². The molecular weight excluding hydrogens is 946 g/mol. The average Bonchev–Trinajstić information content (AvgIpc) is 4.08. The number of oxazole rings is 1. The van der Waals surface area contributed by atoms with Crippen LogP contribution < -0.4 is 31.7 Å². The third kappa shape index (κ3) is 13.6. The monoisotopic (exact) mass is 990 g/mol. The number of piperidine rings is 1. The summed E-state index contributed by atoms with van der Waals surface area (Å²) in [5, 5.41) is 13.7. The fraction of sp³-hybridized carbons (Fsp3) is 0.333. The molecular formula is C45H45F3N10O13. The molecule has 5 aromatic rings. The Balaban J connectivity index is 0.728. The van der Waals surface area contributed by atoms with Crippen LogP contribution in [0.1, 0.15) is 60.1 Å². The second-order valence-electron chi connectivity index (χ2n) is 15.4. The Labute approximate surface area is 400 Å². The van der Waals surface area contributed by atoms with E-state index in [2.05, 4.69) is 36.3 Å². The first kappa shape index (κ1) is 50.8. The molecule has 26 heteroatoms. The zero-order valence-electron chi connectivity index (χ0n) is 37.5. The summed E-state index contributed by atoms with van der Waals surface area (Å²) in [5.41, 5.74) is 6.70. The lowest BCUT2D eigenvalue weighted by Crippen LogP contribution is -2.54. The smallest absolute Gasteiger partial charge is 0.405 e. The minimum Gasteiger partial charge on any atom is -0.483 e. The number of halogens is 3. The summed E-state index contributed by atoms with van der Waals surface area (Å²) in [4.78, 5) is 96.5. The highest BCUT2D eigenvalue weighted by atomic mass is 19.4. The van der Waals surface area contributed by atoms with Gasteiger partial charge in [0.1, 0.15) is 30.4 Å². The van der Waals surface area contributed by atoms with Gasteiger partial charge in [-0.25, -0.2) is 14.6 Å². The van der Waals surface area contributed by atoms with E-state index in [4.69, 9.17) is 33.8 Å². The number of nitrogens with zero attached hydrogens (tertiary/aromatic N) is 5. The van der Waals surface area contributed by atoms with Gasteiger partial charge in [-0.15, -0.1) is 0 Å². The van der Waals surface area contributed by atoms with Gasteiger partial charge in [0.25, 0.3) is 29.5 Å². The highest BCUT2D eigenvalue weighted by Gasteiger charge is 2.46. The molecule has 2 aliphatic rings. The molecule has 3 aromatic heterocycles. The van der Waals surface area contributed by atoms with Crippen molar-refractivity contribution in [1.29, 1.82) is 0 Å². The van der Waals surface area contributed by atoms with Gasteiger partial charge >= 0.3 is 6.18 Å². The number of rotatable bonds is 25. The zero-order chi connectivity index (χ0) is 50.5. The Hall–Kier alpha value is -8.07. The van der Waals surface area contributed by atoms with Gasteiger partial charge < -0.3 is 49.8 Å². The molecule has 7 amide bonds. The molecule has 1 fully saturated rings. The summed E-state index contributed by atoms with van der Waals surface area (Å²) in [6.07, 6.45) is -0.776. The zero-order valence-corrected chi connectivity index (χ0v) is 37.5. The molecule has 0 saturated carbocycles. The lowest BCUT2D eigenvalue weighted by molar-refractivity contribution is -0.136. The number of pyridine rings is 1. The summed E-state index contributed by atoms with van der Waals surface area (Å²) in [6.45, 7) is 0.662. The van der Waals surface area contributed by atoms with Crippen LogP contribution in [0.4, 0.5) is 24.7 Å². The van der Waals surface area contributed by atoms with Crippen molar-refractivity contribution >= 4 is 52.9 Å². The topological polar surface area (TPSA) is 300 Å². The number of anilines is 2. The van der Waals surface area contributed by atoms with Crippen molar-refractivity contribution in [3.63, 3.8) is 0 Å². The Morgan fingerprint density at radius 2 is 1.62 bits per heavy atom. The number of amides is 7. The number of hydrogen-bond acceptors (Lipinski definition) is 17. The Morgan fingerprint density at radius 3 is 2.32 bits per heavy atom. The van der Waals surface area contributed by atoms with E-state index in [1.807, 2.05) is 0 Å². The minimum absolute atomic E-state index is 0.00974. The van der Waals surface area contributed by atoms with Gasteiger partial charge in [-0.1, -0.05) is 18.2 Å². The fourth-order valence-electron chi connectivity index (χ4n) is 6.98. The maximum atomic E-state index is 13.2. The molecule has 2 aromatic carbocycles. The van der Waals surface area contributed by atoms with E-state index in [1.165, 1.54) is 47.4 Å². The van der Waals surface area contributed by atoms with Crippen LogP contribution in [-0.4, -0.2) is 144 Å². The van der Waals surface area contributed by atoms with Gasteiger partial charge in [-0.3, -0.25) is 43.8 Å². The SMILES string of the molecule is NC(=O)c1nn(-c2ccc(COCCOCCOCCOCCNC(=O)COc3cccc4c3C(=O)N(C3CCC(=O)NC3=O)C4=O)cc2)cc1NC(=O)c1coc(-c2ccnc(NCC(F)(F)F)c2)n1. The standard InChI is InChI=1S/C45H45F3N10O13/c46-45(47,48)25-52-34-20-27(10-11-50-34)42-54-31(23-71-42)40(62)53-30-21-57(56-38(30)39(49)61)28-6-4-26(5-7-28)22-69-19-18-68-17-16-67-15-14-66-13-12-51-36(60)24-70-33-3-1-2-29-37(33)44(65)58(43(29)64)32-8-9-35(59)55-41(32)63/h1-7,10-11,20-21,23,32H,8-9,12-19,22,24-25H2,(H2,49,61)(H,50,52)(H,51,60)(H,53,62)(H,55,59,63). The number of imide groups is 2. The maximum Gasteiger partial charge on any atom is 0.405 e. The first-order valence-electron chi connectivity index (χ1n) is 21.7. The predicted octanol–water partition coefficient (Wildman–Crippen LogP) is 2.41. The number of fused-ring (bicyclic) bond motifs is 1. The molecule has 23 nitrogen and oxygen atoms in total. The number of alkyl halides is 3. The van der Waals surface area contributed by atoms with E-state index in [-0.39, 0.29) is 97.0 Å². The quantitative estimate of drug-likeness (QED) is 0.0414. The van der Waals surface area contributed by atoms with Crippen molar-refractivity contribution in [1.82, 2.24) is 35.3 Å². The van der Waals surface area contributed by atoms with Crippen LogP contribution in [0.2, 0.25) is 0 Å². The number of nitrogens with one attached hydrogen (secondary N) is 4. The van der Waals surface area contributed by atoms with Gasteiger partial charge in [0, 0.05) is 24.7 Å². The molecule has 2 aliphatic heterocycles.